The second kappa shape index (κ2) is 9.18. The van der Waals surface area contributed by atoms with Crippen LogP contribution >= 0.6 is 0 Å². The van der Waals surface area contributed by atoms with E-state index in [0.717, 1.165) is 69.8 Å². The molecule has 0 radical (unpaired) electrons. The van der Waals surface area contributed by atoms with Gasteiger partial charge in [0.2, 0.25) is 5.91 Å². The van der Waals surface area contributed by atoms with E-state index in [4.69, 9.17) is 5.26 Å². The average molecular weight is 370 g/mol. The first-order valence-electron chi connectivity index (χ1n) is 10.2. The summed E-state index contributed by atoms with van der Waals surface area (Å²) in [6.07, 6.45) is 4.63. The lowest BCUT2D eigenvalue weighted by Gasteiger charge is -2.35. The third-order valence-electron chi connectivity index (χ3n) is 5.74. The summed E-state index contributed by atoms with van der Waals surface area (Å²) in [5, 5.41) is 12.0. The molecule has 2 aliphatic heterocycles. The van der Waals surface area contributed by atoms with Crippen LogP contribution in [-0.2, 0) is 4.79 Å². The number of likely N-dealkylation sites (tertiary alicyclic amines) is 1. The second-order valence-corrected chi connectivity index (χ2v) is 8.27. The summed E-state index contributed by atoms with van der Waals surface area (Å²) >= 11 is 0. The van der Waals surface area contributed by atoms with Gasteiger partial charge >= 0.3 is 0 Å². The predicted molar refractivity (Wildman–Crippen MR) is 106 cm³/mol. The Morgan fingerprint density at radius 3 is 2.56 bits per heavy atom. The van der Waals surface area contributed by atoms with E-state index < -0.39 is 0 Å². The topological polar surface area (TPSA) is 72.3 Å². The minimum Gasteiger partial charge on any atom is -0.357 e. The first kappa shape index (κ1) is 19.6. The van der Waals surface area contributed by atoms with Crippen molar-refractivity contribution in [2.75, 3.05) is 44.2 Å². The third kappa shape index (κ3) is 5.43. The van der Waals surface area contributed by atoms with Gasteiger partial charge in [-0.25, -0.2) is 4.98 Å². The fraction of sp³-hybridized carbons (Fsp3) is 0.667. The van der Waals surface area contributed by atoms with Crippen LogP contribution in [0.25, 0.3) is 0 Å². The zero-order chi connectivity index (χ0) is 19.2. The highest BCUT2D eigenvalue weighted by atomic mass is 16.1. The van der Waals surface area contributed by atoms with Crippen molar-refractivity contribution in [2.45, 2.75) is 33.1 Å². The number of carbonyl (C=O) groups is 1. The Labute approximate surface area is 162 Å². The summed E-state index contributed by atoms with van der Waals surface area (Å²) in [6, 6.07) is 5.77. The molecule has 2 aliphatic rings. The Morgan fingerprint density at radius 1 is 1.26 bits per heavy atom. The van der Waals surface area contributed by atoms with E-state index in [1.54, 1.807) is 12.3 Å². The van der Waals surface area contributed by atoms with Crippen molar-refractivity contribution in [3.05, 3.63) is 23.9 Å². The van der Waals surface area contributed by atoms with E-state index in [2.05, 4.69) is 40.0 Å². The molecule has 1 N–H and O–H groups in total. The Balaban J connectivity index is 1.38. The van der Waals surface area contributed by atoms with E-state index in [1.807, 2.05) is 6.07 Å². The Kier molecular flexibility index (Phi) is 6.68. The summed E-state index contributed by atoms with van der Waals surface area (Å²) in [4.78, 5) is 21.5. The maximum atomic E-state index is 12.5. The molecule has 0 bridgehead atoms. The number of hydrogen-bond acceptors (Lipinski definition) is 5. The molecular weight excluding hydrogens is 338 g/mol. The maximum absolute atomic E-state index is 12.5. The van der Waals surface area contributed by atoms with Gasteiger partial charge in [-0.15, -0.1) is 0 Å². The van der Waals surface area contributed by atoms with Gasteiger partial charge in [0.1, 0.15) is 11.9 Å². The van der Waals surface area contributed by atoms with Gasteiger partial charge in [0, 0.05) is 51.4 Å². The number of rotatable bonds is 5. The minimum absolute atomic E-state index is 0.0961. The van der Waals surface area contributed by atoms with Gasteiger partial charge in [0.15, 0.2) is 0 Å². The number of aromatic nitrogens is 1. The summed E-state index contributed by atoms with van der Waals surface area (Å²) in [6.45, 7) is 10.3. The molecule has 27 heavy (non-hydrogen) atoms. The van der Waals surface area contributed by atoms with Crippen LogP contribution in [0.2, 0.25) is 0 Å². The van der Waals surface area contributed by atoms with Gasteiger partial charge < -0.3 is 15.1 Å². The molecule has 6 nitrogen and oxygen atoms in total. The van der Waals surface area contributed by atoms with Crippen LogP contribution in [0.15, 0.2) is 18.3 Å². The van der Waals surface area contributed by atoms with E-state index in [1.165, 1.54) is 6.42 Å². The highest BCUT2D eigenvalue weighted by Crippen LogP contribution is 2.22. The van der Waals surface area contributed by atoms with Crippen molar-refractivity contribution in [1.82, 2.24) is 15.2 Å². The Hall–Kier alpha value is -2.13. The lowest BCUT2D eigenvalue weighted by atomic mass is 9.92. The number of piperidine rings is 2. The van der Waals surface area contributed by atoms with Crippen molar-refractivity contribution < 1.29 is 4.79 Å². The van der Waals surface area contributed by atoms with Crippen LogP contribution in [-0.4, -0.2) is 55.1 Å². The smallest absolute Gasteiger partial charge is 0.223 e. The van der Waals surface area contributed by atoms with Crippen molar-refractivity contribution in [3.63, 3.8) is 0 Å². The fourth-order valence-electron chi connectivity index (χ4n) is 4.47. The normalized spacial score (nSPS) is 24.4. The number of pyridine rings is 1. The number of nitrogens with zero attached hydrogens (tertiary/aromatic N) is 4. The summed E-state index contributed by atoms with van der Waals surface area (Å²) in [5.74, 6) is 2.69. The lowest BCUT2D eigenvalue weighted by Crippen LogP contribution is -2.45. The van der Waals surface area contributed by atoms with Crippen molar-refractivity contribution in [3.8, 4) is 6.07 Å². The minimum atomic E-state index is 0.0961. The molecule has 2 fully saturated rings. The van der Waals surface area contributed by atoms with Gasteiger partial charge in [-0.05, 0) is 43.2 Å². The van der Waals surface area contributed by atoms with E-state index in [0.29, 0.717) is 5.56 Å². The number of nitriles is 1. The van der Waals surface area contributed by atoms with Crippen LogP contribution in [0.1, 0.15) is 38.7 Å². The number of hydrogen-bond donors (Lipinski definition) is 1. The van der Waals surface area contributed by atoms with Crippen LogP contribution in [0.3, 0.4) is 0 Å². The van der Waals surface area contributed by atoms with Crippen molar-refractivity contribution in [2.24, 2.45) is 17.8 Å². The first-order chi connectivity index (χ1) is 13.0. The molecule has 0 aromatic carbocycles. The SMILES string of the molecule is C[C@@H]1C[C@@H](C)CN(CCNC(=O)C2CCN(c3ccc(C#N)cn3)CC2)C1. The average Bonchev–Trinajstić information content (AvgIpc) is 2.67. The fourth-order valence-corrected chi connectivity index (χ4v) is 4.47. The summed E-state index contributed by atoms with van der Waals surface area (Å²) in [7, 11) is 0. The van der Waals surface area contributed by atoms with Gasteiger partial charge in [0.25, 0.3) is 0 Å². The van der Waals surface area contributed by atoms with Crippen LogP contribution in [0.5, 0.6) is 0 Å². The molecular formula is C21H31N5O. The number of nitrogens with one attached hydrogen (secondary N) is 1. The number of amides is 1. The van der Waals surface area contributed by atoms with Gasteiger partial charge in [-0.3, -0.25) is 4.79 Å². The standard InChI is InChI=1S/C21H31N5O/c1-16-11-17(2)15-25(14-16)10-7-23-21(27)19-5-8-26(9-6-19)20-4-3-18(12-22)13-24-20/h3-4,13,16-17,19H,5-11,14-15H2,1-2H3,(H,23,27)/t16-,17-/m1/s1. The highest BCUT2D eigenvalue weighted by molar-refractivity contribution is 5.78. The molecule has 6 heteroatoms. The summed E-state index contributed by atoms with van der Waals surface area (Å²) < 4.78 is 0. The van der Waals surface area contributed by atoms with Crippen LogP contribution in [0.4, 0.5) is 5.82 Å². The van der Waals surface area contributed by atoms with E-state index in [9.17, 15) is 4.79 Å². The molecule has 146 valence electrons. The molecule has 0 aliphatic carbocycles. The van der Waals surface area contributed by atoms with Gasteiger partial charge in [-0.1, -0.05) is 13.8 Å². The van der Waals surface area contributed by atoms with Crippen LogP contribution < -0.4 is 10.2 Å². The molecule has 0 spiro atoms. The van der Waals surface area contributed by atoms with Crippen LogP contribution in [0, 0.1) is 29.1 Å². The molecule has 1 amide bonds. The Morgan fingerprint density at radius 2 is 1.96 bits per heavy atom. The van der Waals surface area contributed by atoms with E-state index in [-0.39, 0.29) is 11.8 Å². The number of carbonyl (C=O) groups excluding carboxylic acids is 1. The third-order valence-corrected chi connectivity index (χ3v) is 5.74. The lowest BCUT2D eigenvalue weighted by molar-refractivity contribution is -0.125. The molecule has 2 saturated heterocycles. The first-order valence-corrected chi connectivity index (χ1v) is 10.2. The Bertz CT molecular complexity index is 650. The molecule has 3 heterocycles. The monoisotopic (exact) mass is 369 g/mol. The molecule has 0 saturated carbocycles. The zero-order valence-corrected chi connectivity index (χ0v) is 16.5. The second-order valence-electron chi connectivity index (χ2n) is 8.27. The predicted octanol–water partition coefficient (Wildman–Crippen LogP) is 2.26. The van der Waals surface area contributed by atoms with E-state index >= 15 is 0 Å². The molecule has 0 unspecified atom stereocenters. The van der Waals surface area contributed by atoms with Crippen molar-refractivity contribution >= 4 is 11.7 Å². The van der Waals surface area contributed by atoms with Gasteiger partial charge in [-0.2, -0.15) is 5.26 Å². The molecule has 2 atom stereocenters. The zero-order valence-electron chi connectivity index (χ0n) is 16.5. The van der Waals surface area contributed by atoms with Crippen molar-refractivity contribution in [1.29, 1.82) is 5.26 Å². The molecule has 1 aromatic rings. The molecule has 1 aromatic heterocycles. The number of anilines is 1. The highest BCUT2D eigenvalue weighted by Gasteiger charge is 2.26. The maximum Gasteiger partial charge on any atom is 0.223 e. The quantitative estimate of drug-likeness (QED) is 0.862. The largest absolute Gasteiger partial charge is 0.357 e. The summed E-state index contributed by atoms with van der Waals surface area (Å²) in [5.41, 5.74) is 0.575. The molecule has 3 rings (SSSR count). The van der Waals surface area contributed by atoms with Gasteiger partial charge in [0.05, 0.1) is 5.56 Å².